The fourth-order valence-electron chi connectivity index (χ4n) is 2.35. The van der Waals surface area contributed by atoms with Gasteiger partial charge in [-0.1, -0.05) is 6.07 Å². The molecule has 4 nitrogen and oxygen atoms in total. The van der Waals surface area contributed by atoms with Crippen molar-refractivity contribution >= 4 is 11.6 Å². The summed E-state index contributed by atoms with van der Waals surface area (Å²) in [5.74, 6) is -0.0495. The average molecular weight is 204 g/mol. The Morgan fingerprint density at radius 2 is 2.33 bits per heavy atom. The molecule has 3 rings (SSSR count). The smallest absolute Gasteiger partial charge is 0.246 e. The highest BCUT2D eigenvalue weighted by atomic mass is 16.5. The predicted octanol–water partition coefficient (Wildman–Crippen LogP) is 0.381. The molecule has 78 valence electrons. The zero-order valence-corrected chi connectivity index (χ0v) is 8.19. The van der Waals surface area contributed by atoms with Gasteiger partial charge in [0.05, 0.1) is 12.1 Å². The maximum absolute atomic E-state index is 11.2. The second-order valence-electron chi connectivity index (χ2n) is 4.06. The van der Waals surface area contributed by atoms with Crippen LogP contribution in [0.3, 0.4) is 0 Å². The molecule has 1 aromatic carbocycles. The van der Waals surface area contributed by atoms with Crippen molar-refractivity contribution in [3.8, 4) is 0 Å². The normalized spacial score (nSPS) is 28.1. The summed E-state index contributed by atoms with van der Waals surface area (Å²) in [6.45, 7) is 0.171. The highest BCUT2D eigenvalue weighted by molar-refractivity contribution is 5.79. The van der Waals surface area contributed by atoms with Crippen LogP contribution in [0.5, 0.6) is 0 Å². The zero-order chi connectivity index (χ0) is 10.4. The molecule has 0 unspecified atom stereocenters. The number of benzene rings is 1. The van der Waals surface area contributed by atoms with Gasteiger partial charge in [0.25, 0.3) is 0 Å². The Bertz CT molecular complexity index is 431. The van der Waals surface area contributed by atoms with Crippen LogP contribution in [0.15, 0.2) is 18.2 Å². The number of amides is 1. The van der Waals surface area contributed by atoms with Crippen molar-refractivity contribution in [1.29, 1.82) is 0 Å². The minimum Gasteiger partial charge on any atom is -0.399 e. The van der Waals surface area contributed by atoms with Gasteiger partial charge in [-0.25, -0.2) is 0 Å². The molecule has 1 heterocycles. The first-order valence-electron chi connectivity index (χ1n) is 5.03. The Balaban J connectivity index is 2.02. The van der Waals surface area contributed by atoms with E-state index >= 15 is 0 Å². The van der Waals surface area contributed by atoms with E-state index in [2.05, 4.69) is 5.32 Å². The van der Waals surface area contributed by atoms with Crippen LogP contribution in [0.4, 0.5) is 5.69 Å². The minimum atomic E-state index is -0.0495. The maximum Gasteiger partial charge on any atom is 0.246 e. The molecule has 0 spiro atoms. The van der Waals surface area contributed by atoms with Gasteiger partial charge in [-0.05, 0) is 23.3 Å². The van der Waals surface area contributed by atoms with Crippen LogP contribution in [0.2, 0.25) is 0 Å². The van der Waals surface area contributed by atoms with Gasteiger partial charge in [0.2, 0.25) is 5.91 Å². The molecule has 0 aromatic heterocycles. The van der Waals surface area contributed by atoms with Gasteiger partial charge < -0.3 is 15.8 Å². The molecule has 2 atom stereocenters. The van der Waals surface area contributed by atoms with Crippen molar-refractivity contribution in [2.45, 2.75) is 18.6 Å². The van der Waals surface area contributed by atoms with Crippen LogP contribution in [0.1, 0.15) is 17.2 Å². The number of nitrogens with one attached hydrogen (secondary N) is 1. The summed E-state index contributed by atoms with van der Waals surface area (Å²) < 4.78 is 5.48. The van der Waals surface area contributed by atoms with Gasteiger partial charge in [-0.3, -0.25) is 4.79 Å². The van der Waals surface area contributed by atoms with Crippen molar-refractivity contribution in [2.24, 2.45) is 0 Å². The quantitative estimate of drug-likeness (QED) is 0.600. The van der Waals surface area contributed by atoms with Crippen LogP contribution in [-0.4, -0.2) is 18.6 Å². The fraction of sp³-hybridized carbons (Fsp3) is 0.364. The van der Waals surface area contributed by atoms with Crippen LogP contribution in [0, 0.1) is 0 Å². The van der Waals surface area contributed by atoms with E-state index in [1.54, 1.807) is 0 Å². The molecule has 15 heavy (non-hydrogen) atoms. The number of ether oxygens (including phenoxy) is 1. The van der Waals surface area contributed by atoms with E-state index in [0.717, 1.165) is 17.7 Å². The third-order valence-corrected chi connectivity index (χ3v) is 3.04. The van der Waals surface area contributed by atoms with E-state index < -0.39 is 0 Å². The predicted molar refractivity (Wildman–Crippen MR) is 55.2 cm³/mol. The van der Waals surface area contributed by atoms with E-state index in [9.17, 15) is 4.79 Å². The van der Waals surface area contributed by atoms with Crippen molar-refractivity contribution in [2.75, 3.05) is 12.3 Å². The standard InChI is InChI=1S/C11H12N2O2/c12-7-2-1-6-3-9-11(8(6)4-7)13-10(14)5-15-9/h1-2,4,9,11H,3,5,12H2,(H,13,14)/t9-,11+/m0/s1. The zero-order valence-electron chi connectivity index (χ0n) is 8.19. The lowest BCUT2D eigenvalue weighted by atomic mass is 10.1. The third-order valence-electron chi connectivity index (χ3n) is 3.04. The number of nitrogen functional groups attached to an aromatic ring is 1. The maximum atomic E-state index is 11.2. The van der Waals surface area contributed by atoms with Gasteiger partial charge in [0.15, 0.2) is 0 Å². The molecule has 1 aliphatic carbocycles. The Kier molecular flexibility index (Phi) is 1.73. The third kappa shape index (κ3) is 1.29. The number of carbonyl (C=O) groups is 1. The van der Waals surface area contributed by atoms with Crippen molar-refractivity contribution in [3.63, 3.8) is 0 Å². The molecule has 1 aliphatic heterocycles. The molecule has 4 heteroatoms. The van der Waals surface area contributed by atoms with Crippen LogP contribution >= 0.6 is 0 Å². The molecular weight excluding hydrogens is 192 g/mol. The molecule has 0 saturated carbocycles. The molecule has 3 N–H and O–H groups in total. The number of hydrogen-bond donors (Lipinski definition) is 2. The molecule has 0 bridgehead atoms. The first kappa shape index (κ1) is 8.73. The highest BCUT2D eigenvalue weighted by Crippen LogP contribution is 2.35. The topological polar surface area (TPSA) is 64.3 Å². The Hall–Kier alpha value is -1.55. The number of fused-ring (bicyclic) bond motifs is 3. The summed E-state index contributed by atoms with van der Waals surface area (Å²) in [6, 6.07) is 5.82. The molecule has 2 aliphatic rings. The molecular formula is C11H12N2O2. The summed E-state index contributed by atoms with van der Waals surface area (Å²) in [5.41, 5.74) is 8.79. The molecule has 1 aromatic rings. The van der Waals surface area contributed by atoms with Crippen molar-refractivity contribution in [1.82, 2.24) is 5.32 Å². The minimum absolute atomic E-state index is 0.00949. The first-order chi connectivity index (χ1) is 7.24. The number of nitrogens with two attached hydrogens (primary N) is 1. The number of hydrogen-bond acceptors (Lipinski definition) is 3. The lowest BCUT2D eigenvalue weighted by Gasteiger charge is -2.27. The van der Waals surface area contributed by atoms with Crippen molar-refractivity contribution < 1.29 is 9.53 Å². The van der Waals surface area contributed by atoms with Crippen molar-refractivity contribution in [3.05, 3.63) is 29.3 Å². The van der Waals surface area contributed by atoms with E-state index in [1.807, 2.05) is 18.2 Å². The van der Waals surface area contributed by atoms with Crippen LogP contribution in [-0.2, 0) is 16.0 Å². The second-order valence-corrected chi connectivity index (χ2v) is 4.06. The Labute approximate surface area is 87.4 Å². The molecule has 1 amide bonds. The largest absolute Gasteiger partial charge is 0.399 e. The van der Waals surface area contributed by atoms with Gasteiger partial charge in [-0.15, -0.1) is 0 Å². The number of anilines is 1. The summed E-state index contributed by atoms with van der Waals surface area (Å²) in [6.07, 6.45) is 0.945. The molecule has 1 saturated heterocycles. The lowest BCUT2D eigenvalue weighted by molar-refractivity contribution is -0.136. The molecule has 1 fully saturated rings. The van der Waals surface area contributed by atoms with E-state index in [0.29, 0.717) is 0 Å². The number of rotatable bonds is 0. The van der Waals surface area contributed by atoms with Gasteiger partial charge >= 0.3 is 0 Å². The van der Waals surface area contributed by atoms with E-state index in [-0.39, 0.29) is 24.7 Å². The summed E-state index contributed by atoms with van der Waals surface area (Å²) in [7, 11) is 0. The van der Waals surface area contributed by atoms with Crippen LogP contribution in [0.25, 0.3) is 0 Å². The van der Waals surface area contributed by atoms with Crippen LogP contribution < -0.4 is 11.1 Å². The van der Waals surface area contributed by atoms with E-state index in [4.69, 9.17) is 10.5 Å². The average Bonchev–Trinajstić information content (AvgIpc) is 2.56. The van der Waals surface area contributed by atoms with Gasteiger partial charge in [0, 0.05) is 12.1 Å². The second kappa shape index (κ2) is 2.97. The number of carbonyl (C=O) groups excluding carboxylic acids is 1. The Morgan fingerprint density at radius 1 is 1.47 bits per heavy atom. The highest BCUT2D eigenvalue weighted by Gasteiger charge is 2.37. The monoisotopic (exact) mass is 204 g/mol. The summed E-state index contributed by atoms with van der Waals surface area (Å²) in [5, 5.41) is 2.94. The van der Waals surface area contributed by atoms with Gasteiger partial charge in [0.1, 0.15) is 6.61 Å². The van der Waals surface area contributed by atoms with Gasteiger partial charge in [-0.2, -0.15) is 0 Å². The Morgan fingerprint density at radius 3 is 3.20 bits per heavy atom. The summed E-state index contributed by atoms with van der Waals surface area (Å²) >= 11 is 0. The SMILES string of the molecule is Nc1ccc2c(c1)[C@H]1NC(=O)CO[C@H]1C2. The molecule has 0 radical (unpaired) electrons. The van der Waals surface area contributed by atoms with E-state index in [1.165, 1.54) is 5.56 Å². The summed E-state index contributed by atoms with van der Waals surface area (Å²) in [4.78, 5) is 11.2. The lowest BCUT2D eigenvalue weighted by Crippen LogP contribution is -2.43. The first-order valence-corrected chi connectivity index (χ1v) is 5.03. The fourth-order valence-corrected chi connectivity index (χ4v) is 2.35. The number of morpholine rings is 1.